The first kappa shape index (κ1) is 16.8. The third-order valence-corrected chi connectivity index (χ3v) is 3.97. The van der Waals surface area contributed by atoms with Crippen molar-refractivity contribution in [3.05, 3.63) is 59.8 Å². The van der Waals surface area contributed by atoms with E-state index in [1.54, 1.807) is 18.3 Å². The molecule has 2 aromatic rings. The van der Waals surface area contributed by atoms with Crippen LogP contribution in [-0.4, -0.2) is 30.1 Å². The van der Waals surface area contributed by atoms with Gasteiger partial charge in [0.1, 0.15) is 6.61 Å². The number of methoxy groups -OCH3 is 1. The molecule has 1 aliphatic rings. The smallest absolute Gasteiger partial charge is 0.407 e. The Balaban J connectivity index is 1.63. The molecule has 7 heteroatoms. The summed E-state index contributed by atoms with van der Waals surface area (Å²) in [5, 5.41) is 5.62. The van der Waals surface area contributed by atoms with Crippen molar-refractivity contribution in [1.82, 2.24) is 15.6 Å². The molecule has 1 aromatic carbocycles. The Kier molecular flexibility index (Phi) is 5.13. The first-order chi connectivity index (χ1) is 12.2. The lowest BCUT2D eigenvalue weighted by atomic mass is 10.0. The number of pyridine rings is 1. The number of hydrogen-bond donors (Lipinski definition) is 2. The van der Waals surface area contributed by atoms with Crippen molar-refractivity contribution in [2.75, 3.05) is 7.11 Å². The van der Waals surface area contributed by atoms with Crippen LogP contribution in [0, 0.1) is 0 Å². The Bertz CT molecular complexity index is 751. The highest BCUT2D eigenvalue weighted by Gasteiger charge is 2.35. The van der Waals surface area contributed by atoms with E-state index in [4.69, 9.17) is 9.47 Å². The van der Waals surface area contributed by atoms with Crippen LogP contribution in [0.4, 0.5) is 4.79 Å². The van der Waals surface area contributed by atoms with Gasteiger partial charge in [0.25, 0.3) is 0 Å². The van der Waals surface area contributed by atoms with E-state index in [-0.39, 0.29) is 25.0 Å². The lowest BCUT2D eigenvalue weighted by Gasteiger charge is -2.20. The Hall–Kier alpha value is -3.09. The molecule has 0 aliphatic carbocycles. The topological polar surface area (TPSA) is 89.6 Å². The number of aromatic nitrogens is 1. The molecule has 0 bridgehead atoms. The van der Waals surface area contributed by atoms with Crippen molar-refractivity contribution in [2.24, 2.45) is 0 Å². The molecule has 0 radical (unpaired) electrons. The Morgan fingerprint density at radius 1 is 1.32 bits per heavy atom. The predicted molar refractivity (Wildman–Crippen MR) is 89.8 cm³/mol. The summed E-state index contributed by atoms with van der Waals surface area (Å²) in [6.45, 7) is 0.175. The number of nitrogens with one attached hydrogen (secondary N) is 2. The first-order valence-corrected chi connectivity index (χ1v) is 7.92. The molecule has 1 aromatic heterocycles. The van der Waals surface area contributed by atoms with Gasteiger partial charge in [0, 0.05) is 18.7 Å². The van der Waals surface area contributed by atoms with Gasteiger partial charge in [0.05, 0.1) is 19.2 Å². The van der Waals surface area contributed by atoms with E-state index in [0.29, 0.717) is 5.88 Å². The van der Waals surface area contributed by atoms with Crippen LogP contribution in [0.3, 0.4) is 0 Å². The normalized spacial score (nSPS) is 19.2. The van der Waals surface area contributed by atoms with Gasteiger partial charge in [0.2, 0.25) is 11.8 Å². The molecule has 2 atom stereocenters. The average molecular weight is 341 g/mol. The molecule has 2 N–H and O–H groups in total. The van der Waals surface area contributed by atoms with Gasteiger partial charge in [0.15, 0.2) is 0 Å². The highest BCUT2D eigenvalue weighted by Crippen LogP contribution is 2.26. The molecule has 2 heterocycles. The minimum absolute atomic E-state index is 0.130. The summed E-state index contributed by atoms with van der Waals surface area (Å²) in [6.07, 6.45) is 1.23. The molecular weight excluding hydrogens is 322 g/mol. The van der Waals surface area contributed by atoms with Crippen LogP contribution in [0.25, 0.3) is 0 Å². The molecule has 1 fully saturated rings. The summed E-state index contributed by atoms with van der Waals surface area (Å²) >= 11 is 0. The fraction of sp³-hybridized carbons (Fsp3) is 0.278. The minimum Gasteiger partial charge on any atom is -0.481 e. The summed E-state index contributed by atoms with van der Waals surface area (Å²) in [7, 11) is 1.52. The largest absolute Gasteiger partial charge is 0.481 e. The Morgan fingerprint density at radius 2 is 2.12 bits per heavy atom. The maximum atomic E-state index is 12.1. The van der Waals surface area contributed by atoms with Gasteiger partial charge in [-0.15, -0.1) is 0 Å². The van der Waals surface area contributed by atoms with E-state index in [1.165, 1.54) is 7.11 Å². The number of carbonyl (C=O) groups is 2. The summed E-state index contributed by atoms with van der Waals surface area (Å²) in [5.41, 5.74) is 1.71. The van der Waals surface area contributed by atoms with E-state index in [1.807, 2.05) is 30.3 Å². The zero-order chi connectivity index (χ0) is 17.6. The van der Waals surface area contributed by atoms with Crippen LogP contribution >= 0.6 is 0 Å². The van der Waals surface area contributed by atoms with Gasteiger partial charge in [-0.05, 0) is 17.2 Å². The molecule has 7 nitrogen and oxygen atoms in total. The highest BCUT2D eigenvalue weighted by molar-refractivity contribution is 5.81. The van der Waals surface area contributed by atoms with Crippen LogP contribution in [-0.2, 0) is 16.1 Å². The summed E-state index contributed by atoms with van der Waals surface area (Å²) in [6, 6.07) is 12.2. The second-order valence-electron chi connectivity index (χ2n) is 5.69. The van der Waals surface area contributed by atoms with E-state index < -0.39 is 12.1 Å². The van der Waals surface area contributed by atoms with Crippen molar-refractivity contribution in [1.29, 1.82) is 0 Å². The van der Waals surface area contributed by atoms with Crippen LogP contribution in [0.2, 0.25) is 0 Å². The highest BCUT2D eigenvalue weighted by atomic mass is 16.5. The number of alkyl carbamates (subject to hydrolysis) is 1. The quantitative estimate of drug-likeness (QED) is 0.867. The molecule has 3 rings (SSSR count). The number of hydrogen-bond acceptors (Lipinski definition) is 5. The standard InChI is InChI=1S/C18H19N3O4/c1-24-16-9-13(7-8-19-16)17-14(10-15(22)21-17)20-18(23)25-11-12-5-3-2-4-6-12/h2-9,14,17H,10-11H2,1H3,(H,20,23)(H,21,22)/t14-,17+/m1/s1. The molecule has 1 saturated heterocycles. The van der Waals surface area contributed by atoms with Gasteiger partial charge < -0.3 is 20.1 Å². The average Bonchev–Trinajstić information content (AvgIpc) is 3.01. The van der Waals surface area contributed by atoms with Crippen LogP contribution in [0.5, 0.6) is 5.88 Å². The predicted octanol–water partition coefficient (Wildman–Crippen LogP) is 1.95. The molecule has 0 spiro atoms. The first-order valence-electron chi connectivity index (χ1n) is 7.92. The van der Waals surface area contributed by atoms with E-state index in [2.05, 4.69) is 15.6 Å². The molecule has 0 saturated carbocycles. The fourth-order valence-corrected chi connectivity index (χ4v) is 2.75. The fourth-order valence-electron chi connectivity index (χ4n) is 2.75. The maximum absolute atomic E-state index is 12.1. The SMILES string of the molecule is COc1cc([C@@H]2NC(=O)C[C@H]2NC(=O)OCc2ccccc2)ccn1. The summed E-state index contributed by atoms with van der Waals surface area (Å²) < 4.78 is 10.3. The molecule has 2 amide bonds. The lowest BCUT2D eigenvalue weighted by molar-refractivity contribution is -0.119. The Labute approximate surface area is 145 Å². The third kappa shape index (κ3) is 4.26. The molecule has 25 heavy (non-hydrogen) atoms. The van der Waals surface area contributed by atoms with Crippen molar-refractivity contribution in [2.45, 2.75) is 25.1 Å². The minimum atomic E-state index is -0.559. The molecule has 1 aliphatic heterocycles. The number of rotatable bonds is 5. The number of amides is 2. The van der Waals surface area contributed by atoms with Crippen molar-refractivity contribution in [3.63, 3.8) is 0 Å². The van der Waals surface area contributed by atoms with E-state index in [0.717, 1.165) is 11.1 Å². The van der Waals surface area contributed by atoms with Crippen molar-refractivity contribution >= 4 is 12.0 Å². The number of nitrogens with zero attached hydrogens (tertiary/aromatic N) is 1. The van der Waals surface area contributed by atoms with Gasteiger partial charge in [-0.3, -0.25) is 4.79 Å². The summed E-state index contributed by atoms with van der Waals surface area (Å²) in [5.74, 6) is 0.318. The second-order valence-corrected chi connectivity index (χ2v) is 5.69. The number of benzene rings is 1. The zero-order valence-corrected chi connectivity index (χ0v) is 13.8. The van der Waals surface area contributed by atoms with Gasteiger partial charge in [-0.25, -0.2) is 9.78 Å². The van der Waals surface area contributed by atoms with Crippen LogP contribution in [0.15, 0.2) is 48.7 Å². The zero-order valence-electron chi connectivity index (χ0n) is 13.8. The van der Waals surface area contributed by atoms with Crippen molar-refractivity contribution in [3.8, 4) is 5.88 Å². The van der Waals surface area contributed by atoms with E-state index >= 15 is 0 Å². The van der Waals surface area contributed by atoms with Crippen LogP contribution in [0.1, 0.15) is 23.6 Å². The Morgan fingerprint density at radius 3 is 2.88 bits per heavy atom. The summed E-state index contributed by atoms with van der Waals surface area (Å²) in [4.78, 5) is 27.9. The monoisotopic (exact) mass is 341 g/mol. The van der Waals surface area contributed by atoms with E-state index in [9.17, 15) is 9.59 Å². The number of ether oxygens (including phenoxy) is 2. The maximum Gasteiger partial charge on any atom is 0.407 e. The molecular formula is C18H19N3O4. The van der Waals surface area contributed by atoms with Crippen LogP contribution < -0.4 is 15.4 Å². The molecule has 130 valence electrons. The van der Waals surface area contributed by atoms with Gasteiger partial charge in [-0.1, -0.05) is 30.3 Å². The number of carbonyl (C=O) groups excluding carboxylic acids is 2. The van der Waals surface area contributed by atoms with Gasteiger partial charge >= 0.3 is 6.09 Å². The van der Waals surface area contributed by atoms with Gasteiger partial charge in [-0.2, -0.15) is 0 Å². The third-order valence-electron chi connectivity index (χ3n) is 3.97. The van der Waals surface area contributed by atoms with Crippen molar-refractivity contribution < 1.29 is 19.1 Å². The second kappa shape index (κ2) is 7.65. The molecule has 0 unspecified atom stereocenters. The lowest BCUT2D eigenvalue weighted by Crippen LogP contribution is -2.38.